The van der Waals surface area contributed by atoms with E-state index in [4.69, 9.17) is 9.47 Å². The summed E-state index contributed by atoms with van der Waals surface area (Å²) in [6.45, 7) is 2.22. The molecule has 7 heteroatoms. The van der Waals surface area contributed by atoms with Crippen LogP contribution < -0.4 is 9.64 Å². The maximum atomic E-state index is 11.3. The van der Waals surface area contributed by atoms with E-state index < -0.39 is 0 Å². The van der Waals surface area contributed by atoms with E-state index in [2.05, 4.69) is 25.9 Å². The lowest BCUT2D eigenvalue weighted by Gasteiger charge is -2.16. The predicted molar refractivity (Wildman–Crippen MR) is 66.2 cm³/mol. The monoisotopic (exact) mass is 303 g/mol. The fraction of sp³-hybridized carbons (Fsp3) is 0.500. The minimum atomic E-state index is -0.319. The van der Waals surface area contributed by atoms with Gasteiger partial charge in [-0.3, -0.25) is 4.79 Å². The van der Waals surface area contributed by atoms with Crippen LogP contribution in [0.15, 0.2) is 10.7 Å². The lowest BCUT2D eigenvalue weighted by molar-refractivity contribution is -0.141. The van der Waals surface area contributed by atoms with E-state index in [1.807, 2.05) is 0 Å². The molecule has 0 aliphatic rings. The quantitative estimate of drug-likeness (QED) is 0.763. The largest absolute Gasteiger partial charge is 0.480 e. The zero-order valence-corrected chi connectivity index (χ0v) is 11.5. The number of esters is 1. The molecule has 0 saturated heterocycles. The Labute approximate surface area is 108 Å². The average Bonchev–Trinajstić information content (AvgIpc) is 2.29. The molecule has 1 aromatic rings. The van der Waals surface area contributed by atoms with Gasteiger partial charge in [0.2, 0.25) is 11.8 Å². The SMILES string of the molecule is CCOC(=O)CN(C)c1ncc(Br)c(OC)n1. The van der Waals surface area contributed by atoms with E-state index >= 15 is 0 Å². The Balaban J connectivity index is 2.75. The first kappa shape index (κ1) is 13.7. The molecule has 94 valence electrons. The summed E-state index contributed by atoms with van der Waals surface area (Å²) in [4.78, 5) is 21.1. The lowest BCUT2D eigenvalue weighted by atomic mass is 10.5. The minimum Gasteiger partial charge on any atom is -0.480 e. The van der Waals surface area contributed by atoms with Crippen LogP contribution in [0.25, 0.3) is 0 Å². The normalized spacial score (nSPS) is 9.88. The summed E-state index contributed by atoms with van der Waals surface area (Å²) in [5.74, 6) is 0.504. The zero-order chi connectivity index (χ0) is 12.8. The molecule has 0 bridgehead atoms. The van der Waals surface area contributed by atoms with Crippen molar-refractivity contribution in [2.45, 2.75) is 6.92 Å². The fourth-order valence-corrected chi connectivity index (χ4v) is 1.49. The number of nitrogens with zero attached hydrogens (tertiary/aromatic N) is 3. The number of aromatic nitrogens is 2. The number of anilines is 1. The fourth-order valence-electron chi connectivity index (χ4n) is 1.14. The maximum absolute atomic E-state index is 11.3. The number of hydrogen-bond donors (Lipinski definition) is 0. The van der Waals surface area contributed by atoms with Gasteiger partial charge in [-0.15, -0.1) is 0 Å². The number of methoxy groups -OCH3 is 1. The number of rotatable bonds is 5. The van der Waals surface area contributed by atoms with E-state index in [9.17, 15) is 4.79 Å². The Morgan fingerprint density at radius 2 is 2.29 bits per heavy atom. The molecule has 6 nitrogen and oxygen atoms in total. The number of ether oxygens (including phenoxy) is 2. The van der Waals surface area contributed by atoms with Gasteiger partial charge >= 0.3 is 5.97 Å². The molecule has 0 atom stereocenters. The molecule has 1 aromatic heterocycles. The molecule has 0 aromatic carbocycles. The Hall–Kier alpha value is -1.37. The van der Waals surface area contributed by atoms with Gasteiger partial charge in [0.25, 0.3) is 0 Å². The van der Waals surface area contributed by atoms with E-state index in [1.165, 1.54) is 7.11 Å². The van der Waals surface area contributed by atoms with Crippen molar-refractivity contribution in [3.05, 3.63) is 10.7 Å². The second-order valence-electron chi connectivity index (χ2n) is 3.19. The highest BCUT2D eigenvalue weighted by Gasteiger charge is 2.12. The minimum absolute atomic E-state index is 0.0959. The van der Waals surface area contributed by atoms with E-state index in [1.54, 1.807) is 25.1 Å². The van der Waals surface area contributed by atoms with Crippen molar-refractivity contribution >= 4 is 27.8 Å². The van der Waals surface area contributed by atoms with Crippen LogP contribution in [-0.2, 0) is 9.53 Å². The number of halogens is 1. The van der Waals surface area contributed by atoms with Gasteiger partial charge < -0.3 is 14.4 Å². The first-order chi connectivity index (χ1) is 8.08. The number of carbonyl (C=O) groups is 1. The number of likely N-dealkylation sites (N-methyl/N-ethyl adjacent to an activating group) is 1. The molecule has 0 fully saturated rings. The molecule has 17 heavy (non-hydrogen) atoms. The Bertz CT molecular complexity index is 400. The molecule has 0 unspecified atom stereocenters. The van der Waals surface area contributed by atoms with Crippen LogP contribution in [-0.4, -0.2) is 43.2 Å². The van der Waals surface area contributed by atoms with Gasteiger partial charge in [0.15, 0.2) is 0 Å². The highest BCUT2D eigenvalue weighted by molar-refractivity contribution is 9.10. The molecule has 0 aliphatic carbocycles. The Morgan fingerprint density at radius 3 is 2.88 bits per heavy atom. The van der Waals surface area contributed by atoms with Gasteiger partial charge in [-0.2, -0.15) is 4.98 Å². The second-order valence-corrected chi connectivity index (χ2v) is 4.04. The van der Waals surface area contributed by atoms with Crippen LogP contribution >= 0.6 is 15.9 Å². The van der Waals surface area contributed by atoms with E-state index in [0.29, 0.717) is 22.9 Å². The summed E-state index contributed by atoms with van der Waals surface area (Å²) in [5, 5.41) is 0. The third-order valence-electron chi connectivity index (χ3n) is 1.91. The van der Waals surface area contributed by atoms with Crippen molar-refractivity contribution in [3.63, 3.8) is 0 Å². The third kappa shape index (κ3) is 3.85. The topological polar surface area (TPSA) is 64.5 Å². The summed E-state index contributed by atoms with van der Waals surface area (Å²) < 4.78 is 10.5. The molecule has 1 heterocycles. The standard InChI is InChI=1S/C10H14BrN3O3/c1-4-17-8(15)6-14(2)10-12-5-7(11)9(13-10)16-3/h5H,4,6H2,1-3H3. The molecule has 0 N–H and O–H groups in total. The van der Waals surface area contributed by atoms with Crippen LogP contribution in [0.2, 0.25) is 0 Å². The van der Waals surface area contributed by atoms with Crippen molar-refractivity contribution in [2.24, 2.45) is 0 Å². The summed E-state index contributed by atoms with van der Waals surface area (Å²) in [6.07, 6.45) is 1.57. The lowest BCUT2D eigenvalue weighted by Crippen LogP contribution is -2.28. The Morgan fingerprint density at radius 1 is 1.59 bits per heavy atom. The third-order valence-corrected chi connectivity index (χ3v) is 2.45. The van der Waals surface area contributed by atoms with Gasteiger partial charge in [0, 0.05) is 7.05 Å². The Kier molecular flexibility index (Phi) is 5.14. The van der Waals surface area contributed by atoms with Gasteiger partial charge in [-0.05, 0) is 22.9 Å². The van der Waals surface area contributed by atoms with E-state index in [0.717, 1.165) is 0 Å². The first-order valence-corrected chi connectivity index (χ1v) is 5.81. The first-order valence-electron chi connectivity index (χ1n) is 5.01. The summed E-state index contributed by atoms with van der Waals surface area (Å²) in [5.41, 5.74) is 0. The predicted octanol–water partition coefficient (Wildman–Crippen LogP) is 1.25. The van der Waals surface area contributed by atoms with Crippen molar-refractivity contribution in [2.75, 3.05) is 32.2 Å². The molecule has 0 saturated carbocycles. The molecular weight excluding hydrogens is 290 g/mol. The molecular formula is C10H14BrN3O3. The van der Waals surface area contributed by atoms with Gasteiger partial charge in [-0.1, -0.05) is 0 Å². The van der Waals surface area contributed by atoms with Crippen molar-refractivity contribution < 1.29 is 14.3 Å². The van der Waals surface area contributed by atoms with Crippen molar-refractivity contribution in [3.8, 4) is 5.88 Å². The van der Waals surface area contributed by atoms with Gasteiger partial charge in [0.05, 0.1) is 24.4 Å². The van der Waals surface area contributed by atoms with Crippen LogP contribution in [0, 0.1) is 0 Å². The zero-order valence-electron chi connectivity index (χ0n) is 9.94. The summed E-state index contributed by atoms with van der Waals surface area (Å²) >= 11 is 3.26. The highest BCUT2D eigenvalue weighted by Crippen LogP contribution is 2.22. The van der Waals surface area contributed by atoms with Gasteiger partial charge in [-0.25, -0.2) is 4.98 Å². The van der Waals surface area contributed by atoms with Crippen LogP contribution in [0.3, 0.4) is 0 Å². The van der Waals surface area contributed by atoms with Crippen molar-refractivity contribution in [1.29, 1.82) is 0 Å². The van der Waals surface area contributed by atoms with Crippen molar-refractivity contribution in [1.82, 2.24) is 9.97 Å². The van der Waals surface area contributed by atoms with Crippen LogP contribution in [0.5, 0.6) is 5.88 Å². The second kappa shape index (κ2) is 6.39. The number of carbonyl (C=O) groups excluding carboxylic acids is 1. The molecule has 0 aliphatic heterocycles. The summed E-state index contributed by atoms with van der Waals surface area (Å²) in [6, 6.07) is 0. The average molecular weight is 304 g/mol. The summed E-state index contributed by atoms with van der Waals surface area (Å²) in [7, 11) is 3.22. The van der Waals surface area contributed by atoms with E-state index in [-0.39, 0.29) is 12.5 Å². The smallest absolute Gasteiger partial charge is 0.325 e. The molecule has 0 spiro atoms. The van der Waals surface area contributed by atoms with Gasteiger partial charge in [0.1, 0.15) is 6.54 Å². The van der Waals surface area contributed by atoms with Crippen LogP contribution in [0.1, 0.15) is 6.92 Å². The molecule has 1 rings (SSSR count). The molecule has 0 radical (unpaired) electrons. The number of hydrogen-bond acceptors (Lipinski definition) is 6. The highest BCUT2D eigenvalue weighted by atomic mass is 79.9. The molecule has 0 amide bonds. The maximum Gasteiger partial charge on any atom is 0.325 e. The van der Waals surface area contributed by atoms with Crippen LogP contribution in [0.4, 0.5) is 5.95 Å².